The second-order valence-electron chi connectivity index (χ2n) is 6.10. The molecule has 0 spiro atoms. The molecule has 2 aromatic rings. The zero-order chi connectivity index (χ0) is 18.4. The summed E-state index contributed by atoms with van der Waals surface area (Å²) in [6.07, 6.45) is 0.273. The molecule has 1 saturated heterocycles. The number of benzene rings is 2. The number of Topliss-reactive ketones (excluding diaryl/α,β-unsaturated/α-hetero) is 1. The highest BCUT2D eigenvalue weighted by Gasteiger charge is 2.16. The Bertz CT molecular complexity index is 788. The van der Waals surface area contributed by atoms with Crippen molar-refractivity contribution in [1.82, 2.24) is 0 Å². The maximum absolute atomic E-state index is 12.3. The average molecular weight is 373 g/mol. The third-order valence-electron chi connectivity index (χ3n) is 4.26. The average Bonchev–Trinajstić information content (AvgIpc) is 2.67. The van der Waals surface area contributed by atoms with Gasteiger partial charge in [-0.15, -0.1) is 0 Å². The molecule has 6 heteroatoms. The third kappa shape index (κ3) is 4.84. The van der Waals surface area contributed by atoms with Gasteiger partial charge in [0.2, 0.25) is 5.91 Å². The van der Waals surface area contributed by atoms with Crippen LogP contribution >= 0.6 is 11.6 Å². The Kier molecular flexibility index (Phi) is 6.26. The van der Waals surface area contributed by atoms with Gasteiger partial charge in [-0.3, -0.25) is 9.59 Å². The Morgan fingerprint density at radius 3 is 2.58 bits per heavy atom. The van der Waals surface area contributed by atoms with E-state index in [1.807, 2.05) is 24.3 Å². The fourth-order valence-electron chi connectivity index (χ4n) is 2.91. The minimum atomic E-state index is -0.180. The number of nitrogens with one attached hydrogen (secondary N) is 1. The van der Waals surface area contributed by atoms with Gasteiger partial charge < -0.3 is 15.0 Å². The predicted molar refractivity (Wildman–Crippen MR) is 103 cm³/mol. The van der Waals surface area contributed by atoms with Gasteiger partial charge in [-0.2, -0.15) is 0 Å². The molecular formula is C20H21ClN2O3. The number of halogens is 1. The van der Waals surface area contributed by atoms with Gasteiger partial charge in [0.1, 0.15) is 0 Å². The lowest BCUT2D eigenvalue weighted by atomic mass is 10.1. The Balaban J connectivity index is 1.59. The first-order valence-electron chi connectivity index (χ1n) is 8.64. The van der Waals surface area contributed by atoms with Crippen LogP contribution < -0.4 is 10.2 Å². The highest BCUT2D eigenvalue weighted by molar-refractivity contribution is 6.31. The summed E-state index contributed by atoms with van der Waals surface area (Å²) in [6.45, 7) is 2.94. The van der Waals surface area contributed by atoms with Crippen molar-refractivity contribution in [2.45, 2.75) is 12.8 Å². The van der Waals surface area contributed by atoms with Crippen LogP contribution in [0.1, 0.15) is 23.2 Å². The number of anilines is 2. The smallest absolute Gasteiger partial charge is 0.224 e. The zero-order valence-corrected chi connectivity index (χ0v) is 15.2. The molecule has 1 fully saturated rings. The normalized spacial score (nSPS) is 14.1. The molecule has 1 N–H and O–H groups in total. The van der Waals surface area contributed by atoms with E-state index in [4.69, 9.17) is 16.3 Å². The number of nitrogens with zero attached hydrogens (tertiary/aromatic N) is 1. The van der Waals surface area contributed by atoms with Crippen LogP contribution in [-0.4, -0.2) is 38.0 Å². The van der Waals surface area contributed by atoms with Crippen molar-refractivity contribution in [3.8, 4) is 0 Å². The van der Waals surface area contributed by atoms with Crippen LogP contribution in [0.4, 0.5) is 11.4 Å². The maximum atomic E-state index is 12.3. The van der Waals surface area contributed by atoms with Gasteiger partial charge in [-0.05, 0) is 24.3 Å². The van der Waals surface area contributed by atoms with Crippen molar-refractivity contribution in [2.75, 3.05) is 36.5 Å². The van der Waals surface area contributed by atoms with Crippen LogP contribution in [0.15, 0.2) is 48.5 Å². The molecule has 5 nitrogen and oxygen atoms in total. The molecule has 1 aliphatic heterocycles. The van der Waals surface area contributed by atoms with Crippen molar-refractivity contribution in [3.63, 3.8) is 0 Å². The van der Waals surface area contributed by atoms with Crippen LogP contribution in [0.25, 0.3) is 0 Å². The predicted octanol–water partition coefficient (Wildman–Crippen LogP) is 3.78. The van der Waals surface area contributed by atoms with E-state index in [-0.39, 0.29) is 24.5 Å². The van der Waals surface area contributed by atoms with Crippen LogP contribution in [0.2, 0.25) is 5.02 Å². The summed E-state index contributed by atoms with van der Waals surface area (Å²) in [5, 5.41) is 3.44. The van der Waals surface area contributed by atoms with Gasteiger partial charge in [-0.25, -0.2) is 0 Å². The largest absolute Gasteiger partial charge is 0.378 e. The van der Waals surface area contributed by atoms with Crippen molar-refractivity contribution in [3.05, 3.63) is 59.1 Å². The van der Waals surface area contributed by atoms with E-state index in [0.717, 1.165) is 24.5 Å². The van der Waals surface area contributed by atoms with E-state index in [0.29, 0.717) is 23.8 Å². The van der Waals surface area contributed by atoms with E-state index < -0.39 is 0 Å². The van der Waals surface area contributed by atoms with Crippen molar-refractivity contribution in [2.24, 2.45) is 0 Å². The molecule has 0 aromatic heterocycles. The van der Waals surface area contributed by atoms with E-state index >= 15 is 0 Å². The number of hydrogen-bond donors (Lipinski definition) is 1. The lowest BCUT2D eigenvalue weighted by Gasteiger charge is -2.30. The fraction of sp³-hybridized carbons (Fsp3) is 0.300. The van der Waals surface area contributed by atoms with Gasteiger partial charge in [-0.1, -0.05) is 35.9 Å². The van der Waals surface area contributed by atoms with E-state index in [1.54, 1.807) is 24.3 Å². The van der Waals surface area contributed by atoms with Gasteiger partial charge in [0.25, 0.3) is 0 Å². The second-order valence-corrected chi connectivity index (χ2v) is 6.53. The van der Waals surface area contributed by atoms with Gasteiger partial charge in [0, 0.05) is 36.5 Å². The molecule has 0 radical (unpaired) electrons. The van der Waals surface area contributed by atoms with Gasteiger partial charge in [0.05, 0.1) is 24.6 Å². The number of rotatable bonds is 6. The lowest BCUT2D eigenvalue weighted by Crippen LogP contribution is -2.36. The highest BCUT2D eigenvalue weighted by Crippen LogP contribution is 2.26. The molecule has 2 aromatic carbocycles. The van der Waals surface area contributed by atoms with E-state index in [1.165, 1.54) is 0 Å². The summed E-state index contributed by atoms with van der Waals surface area (Å²) in [5.41, 5.74) is 2.26. The van der Waals surface area contributed by atoms with E-state index in [9.17, 15) is 9.59 Å². The number of hydrogen-bond acceptors (Lipinski definition) is 4. The molecule has 1 amide bonds. The maximum Gasteiger partial charge on any atom is 0.224 e. The molecule has 0 saturated carbocycles. The molecule has 0 bridgehead atoms. The minimum absolute atomic E-state index is 0.0934. The summed E-state index contributed by atoms with van der Waals surface area (Å²) in [5.74, 6) is -0.273. The summed E-state index contributed by atoms with van der Waals surface area (Å²) < 4.78 is 5.38. The molecule has 0 atom stereocenters. The quantitative estimate of drug-likeness (QED) is 0.784. The number of carbonyl (C=O) groups is 2. The minimum Gasteiger partial charge on any atom is -0.378 e. The van der Waals surface area contributed by atoms with Crippen LogP contribution in [0.5, 0.6) is 0 Å². The first-order valence-corrected chi connectivity index (χ1v) is 9.01. The SMILES string of the molecule is O=C(CCC(=O)c1cccc(Cl)c1)Nc1ccccc1N1CCOCC1. The standard InChI is InChI=1S/C20H21ClN2O3/c21-16-5-3-4-15(14-16)19(24)8-9-20(25)22-17-6-1-2-7-18(17)23-10-12-26-13-11-23/h1-7,14H,8-13H2,(H,22,25). The Hall–Kier alpha value is -2.37. The monoisotopic (exact) mass is 372 g/mol. The molecule has 26 heavy (non-hydrogen) atoms. The number of carbonyl (C=O) groups excluding carboxylic acids is 2. The Labute approximate surface area is 157 Å². The second kappa shape index (κ2) is 8.83. The fourth-order valence-corrected chi connectivity index (χ4v) is 3.10. The topological polar surface area (TPSA) is 58.6 Å². The summed E-state index contributed by atoms with van der Waals surface area (Å²) in [7, 11) is 0. The van der Waals surface area contributed by atoms with E-state index in [2.05, 4.69) is 10.2 Å². The number of morpholine rings is 1. The highest BCUT2D eigenvalue weighted by atomic mass is 35.5. The number of ether oxygens (including phenoxy) is 1. The zero-order valence-electron chi connectivity index (χ0n) is 14.4. The van der Waals surface area contributed by atoms with Crippen LogP contribution in [-0.2, 0) is 9.53 Å². The van der Waals surface area contributed by atoms with Crippen molar-refractivity contribution in [1.29, 1.82) is 0 Å². The van der Waals surface area contributed by atoms with Crippen LogP contribution in [0, 0.1) is 0 Å². The number of amides is 1. The third-order valence-corrected chi connectivity index (χ3v) is 4.49. The van der Waals surface area contributed by atoms with Crippen molar-refractivity contribution < 1.29 is 14.3 Å². The first kappa shape index (κ1) is 18.4. The molecule has 136 valence electrons. The number of para-hydroxylation sites is 2. The molecular weight excluding hydrogens is 352 g/mol. The molecule has 0 aliphatic carbocycles. The molecule has 0 unspecified atom stereocenters. The molecule has 1 aliphatic rings. The molecule has 3 rings (SSSR count). The van der Waals surface area contributed by atoms with Gasteiger partial charge >= 0.3 is 0 Å². The Morgan fingerprint density at radius 1 is 1.04 bits per heavy atom. The summed E-state index contributed by atoms with van der Waals surface area (Å²) in [6, 6.07) is 14.5. The summed E-state index contributed by atoms with van der Waals surface area (Å²) in [4.78, 5) is 26.7. The van der Waals surface area contributed by atoms with Crippen molar-refractivity contribution >= 4 is 34.7 Å². The molecule has 1 heterocycles. The van der Waals surface area contributed by atoms with Gasteiger partial charge in [0.15, 0.2) is 5.78 Å². The Morgan fingerprint density at radius 2 is 1.81 bits per heavy atom. The van der Waals surface area contributed by atoms with Crippen LogP contribution in [0.3, 0.4) is 0 Å². The summed E-state index contributed by atoms with van der Waals surface area (Å²) >= 11 is 5.91. The first-order chi connectivity index (χ1) is 12.6. The lowest BCUT2D eigenvalue weighted by molar-refractivity contribution is -0.116. The number of ketones is 1.